The van der Waals surface area contributed by atoms with Crippen molar-refractivity contribution < 1.29 is 14.3 Å². The van der Waals surface area contributed by atoms with Crippen LogP contribution in [-0.4, -0.2) is 18.4 Å². The van der Waals surface area contributed by atoms with Crippen LogP contribution >= 0.6 is 0 Å². The topological polar surface area (TPSA) is 43.4 Å². The smallest absolute Gasteiger partial charge is 0.308 e. The Morgan fingerprint density at radius 2 is 1.43 bits per heavy atom. The predicted molar refractivity (Wildman–Crippen MR) is 96.3 cm³/mol. The van der Waals surface area contributed by atoms with Gasteiger partial charge in [-0.1, -0.05) is 55.4 Å². The number of hydrogen-bond donors (Lipinski definition) is 0. The van der Waals surface area contributed by atoms with Gasteiger partial charge in [-0.2, -0.15) is 0 Å². The van der Waals surface area contributed by atoms with Gasteiger partial charge in [-0.05, 0) is 36.5 Å². The van der Waals surface area contributed by atoms with Crippen LogP contribution in [0.4, 0.5) is 0 Å². The van der Waals surface area contributed by atoms with Gasteiger partial charge in [0.1, 0.15) is 5.78 Å². The minimum Gasteiger partial charge on any atom is -0.465 e. The monoisotopic (exact) mass is 326 g/mol. The van der Waals surface area contributed by atoms with Crippen molar-refractivity contribution in [1.29, 1.82) is 0 Å². The van der Waals surface area contributed by atoms with Gasteiger partial charge in [-0.3, -0.25) is 9.59 Å². The first-order valence-electron chi connectivity index (χ1n) is 9.13. The van der Waals surface area contributed by atoms with Crippen LogP contribution < -0.4 is 0 Å². The second kappa shape index (κ2) is 9.44. The molecular weight excluding hydrogens is 288 g/mol. The summed E-state index contributed by atoms with van der Waals surface area (Å²) in [7, 11) is 0. The van der Waals surface area contributed by atoms with Crippen molar-refractivity contribution in [3.63, 3.8) is 0 Å². The highest BCUT2D eigenvalue weighted by Crippen LogP contribution is 2.37. The van der Waals surface area contributed by atoms with E-state index >= 15 is 0 Å². The van der Waals surface area contributed by atoms with Crippen molar-refractivity contribution in [2.45, 2.75) is 87.5 Å². The summed E-state index contributed by atoms with van der Waals surface area (Å²) in [6.45, 7) is 17.1. The molecule has 0 fully saturated rings. The Morgan fingerprint density at radius 3 is 1.91 bits per heavy atom. The lowest BCUT2D eigenvalue weighted by Crippen LogP contribution is -2.30. The molecule has 0 N–H and O–H groups in total. The Balaban J connectivity index is 4.44. The van der Waals surface area contributed by atoms with E-state index in [9.17, 15) is 9.59 Å². The van der Waals surface area contributed by atoms with Gasteiger partial charge in [0.2, 0.25) is 0 Å². The van der Waals surface area contributed by atoms with Crippen LogP contribution in [0.1, 0.15) is 87.5 Å². The molecule has 0 aromatic carbocycles. The highest BCUT2D eigenvalue weighted by atomic mass is 16.5. The fourth-order valence-corrected chi connectivity index (χ4v) is 2.95. The number of rotatable bonds is 11. The van der Waals surface area contributed by atoms with Gasteiger partial charge in [0.15, 0.2) is 0 Å². The highest BCUT2D eigenvalue weighted by Gasteiger charge is 2.31. The molecule has 0 aromatic rings. The van der Waals surface area contributed by atoms with Crippen molar-refractivity contribution >= 4 is 11.8 Å². The van der Waals surface area contributed by atoms with E-state index in [0.29, 0.717) is 18.8 Å². The molecule has 136 valence electrons. The van der Waals surface area contributed by atoms with Crippen molar-refractivity contribution in [2.24, 2.45) is 22.7 Å². The van der Waals surface area contributed by atoms with E-state index in [1.54, 1.807) is 0 Å². The number of esters is 1. The second-order valence-electron chi connectivity index (χ2n) is 8.70. The fourth-order valence-electron chi connectivity index (χ4n) is 2.95. The van der Waals surface area contributed by atoms with Crippen molar-refractivity contribution in [2.75, 3.05) is 6.61 Å². The fraction of sp³-hybridized carbons (Fsp3) is 0.900. The average Bonchev–Trinajstić information content (AvgIpc) is 2.47. The van der Waals surface area contributed by atoms with Crippen LogP contribution in [0.3, 0.4) is 0 Å². The quantitative estimate of drug-likeness (QED) is 0.477. The van der Waals surface area contributed by atoms with Crippen LogP contribution in [0.25, 0.3) is 0 Å². The van der Waals surface area contributed by atoms with Crippen LogP contribution in [-0.2, 0) is 14.3 Å². The lowest BCUT2D eigenvalue weighted by molar-refractivity contribution is -0.151. The third-order valence-corrected chi connectivity index (χ3v) is 4.79. The molecule has 3 heteroatoms. The molecule has 2 atom stereocenters. The normalized spacial score (nSPS) is 15.1. The predicted octanol–water partition coefficient (Wildman–Crippen LogP) is 5.41. The molecule has 1 unspecified atom stereocenters. The first kappa shape index (κ1) is 22.1. The van der Waals surface area contributed by atoms with Crippen LogP contribution in [0.2, 0.25) is 0 Å². The maximum absolute atomic E-state index is 12.0. The van der Waals surface area contributed by atoms with E-state index in [-0.39, 0.29) is 28.6 Å². The van der Waals surface area contributed by atoms with E-state index in [1.807, 2.05) is 20.8 Å². The molecule has 0 spiro atoms. The molecule has 0 saturated heterocycles. The lowest BCUT2D eigenvalue weighted by Gasteiger charge is -2.35. The number of ether oxygens (including phenoxy) is 1. The summed E-state index contributed by atoms with van der Waals surface area (Å²) < 4.78 is 5.48. The molecule has 3 nitrogen and oxygen atoms in total. The van der Waals surface area contributed by atoms with Gasteiger partial charge in [-0.25, -0.2) is 0 Å². The van der Waals surface area contributed by atoms with E-state index in [4.69, 9.17) is 4.74 Å². The third kappa shape index (κ3) is 9.12. The molecule has 0 heterocycles. The zero-order chi connectivity index (χ0) is 18.3. The summed E-state index contributed by atoms with van der Waals surface area (Å²) in [5.41, 5.74) is -0.0125. The Hall–Kier alpha value is -0.860. The van der Waals surface area contributed by atoms with Crippen molar-refractivity contribution in [3.05, 3.63) is 0 Å². The number of carbonyl (C=O) groups is 2. The summed E-state index contributed by atoms with van der Waals surface area (Å²) in [6.07, 6.45) is 4.18. The Bertz CT molecular complexity index is 346. The summed E-state index contributed by atoms with van der Waals surface area (Å²) in [4.78, 5) is 23.9. The van der Waals surface area contributed by atoms with E-state index in [0.717, 1.165) is 25.7 Å². The second-order valence-corrected chi connectivity index (χ2v) is 8.70. The van der Waals surface area contributed by atoms with Crippen LogP contribution in [0.5, 0.6) is 0 Å². The minimum atomic E-state index is -0.106. The number of Topliss-reactive ketones (excluding diaryl/α,β-unsaturated/α-hetero) is 1. The maximum atomic E-state index is 12.0. The third-order valence-electron chi connectivity index (χ3n) is 4.79. The first-order valence-corrected chi connectivity index (χ1v) is 9.13. The van der Waals surface area contributed by atoms with E-state index < -0.39 is 0 Å². The van der Waals surface area contributed by atoms with Gasteiger partial charge < -0.3 is 4.74 Å². The van der Waals surface area contributed by atoms with E-state index in [1.165, 1.54) is 0 Å². The summed E-state index contributed by atoms with van der Waals surface area (Å²) >= 11 is 0. The number of carbonyl (C=O) groups excluding carboxylic acids is 2. The van der Waals surface area contributed by atoms with Crippen LogP contribution in [0.15, 0.2) is 0 Å². The molecule has 0 aliphatic rings. The molecule has 23 heavy (non-hydrogen) atoms. The molecule has 0 radical (unpaired) electrons. The summed E-state index contributed by atoms with van der Waals surface area (Å²) in [5, 5.41) is 0. The number of hydrogen-bond acceptors (Lipinski definition) is 3. The molecule has 0 amide bonds. The maximum Gasteiger partial charge on any atom is 0.308 e. The Kier molecular flexibility index (Phi) is 9.09. The van der Waals surface area contributed by atoms with Crippen LogP contribution in [0, 0.1) is 22.7 Å². The average molecular weight is 327 g/mol. The van der Waals surface area contributed by atoms with Crippen molar-refractivity contribution in [3.8, 4) is 0 Å². The molecule has 0 aliphatic heterocycles. The molecule has 0 rings (SSSR count). The van der Waals surface area contributed by atoms with E-state index in [2.05, 4.69) is 34.6 Å². The van der Waals surface area contributed by atoms with Gasteiger partial charge in [-0.15, -0.1) is 0 Å². The largest absolute Gasteiger partial charge is 0.465 e. The number of ketones is 1. The zero-order valence-corrected chi connectivity index (χ0v) is 16.6. The zero-order valence-electron chi connectivity index (χ0n) is 16.6. The molecular formula is C20H38O3. The van der Waals surface area contributed by atoms with Gasteiger partial charge in [0.05, 0.1) is 12.5 Å². The van der Waals surface area contributed by atoms with Gasteiger partial charge in [0, 0.05) is 12.3 Å². The SMILES string of the molecule is CCC(C)C(=O)CCC(C)(C)CC(C)(C)COC(=O)[C@@H](C)CC. The Labute approximate surface area is 143 Å². The molecule has 0 bridgehead atoms. The minimum absolute atomic E-state index is 0.0352. The van der Waals surface area contributed by atoms with Gasteiger partial charge >= 0.3 is 5.97 Å². The Morgan fingerprint density at radius 1 is 0.913 bits per heavy atom. The summed E-state index contributed by atoms with van der Waals surface area (Å²) in [5.74, 6) is 0.383. The summed E-state index contributed by atoms with van der Waals surface area (Å²) in [6, 6.07) is 0. The first-order chi connectivity index (χ1) is 10.4. The standard InChI is InChI=1S/C20H38O3/c1-9-15(3)17(21)11-12-19(5,6)13-20(7,8)14-23-18(22)16(4)10-2/h15-16H,9-14H2,1-8H3/t15?,16-/m0/s1. The van der Waals surface area contributed by atoms with Gasteiger partial charge in [0.25, 0.3) is 0 Å². The van der Waals surface area contributed by atoms with Crippen molar-refractivity contribution in [1.82, 2.24) is 0 Å². The highest BCUT2D eigenvalue weighted by molar-refractivity contribution is 5.80. The lowest BCUT2D eigenvalue weighted by atomic mass is 9.72. The molecule has 0 aliphatic carbocycles. The molecule has 0 saturated carbocycles. The molecule has 0 aromatic heterocycles.